The molecule has 3 rings (SSSR count). The smallest absolute Gasteiger partial charge is 0.276 e. The molecular weight excluding hydrogens is 384 g/mol. The van der Waals surface area contributed by atoms with Crippen molar-refractivity contribution in [3.8, 4) is 0 Å². The van der Waals surface area contributed by atoms with Gasteiger partial charge in [-0.05, 0) is 56.6 Å². The van der Waals surface area contributed by atoms with Crippen LogP contribution in [-0.4, -0.2) is 51.1 Å². The first-order valence-electron chi connectivity index (χ1n) is 8.90. The molecule has 0 bridgehead atoms. The maximum absolute atomic E-state index is 13.2. The van der Waals surface area contributed by atoms with Crippen LogP contribution in [0.4, 0.5) is 0 Å². The fourth-order valence-electron chi connectivity index (χ4n) is 3.03. The van der Waals surface area contributed by atoms with Gasteiger partial charge in [0.05, 0.1) is 6.10 Å². The van der Waals surface area contributed by atoms with Gasteiger partial charge in [-0.25, -0.2) is 0 Å². The molecule has 1 N–H and O–H groups in total. The highest BCUT2D eigenvalue weighted by Crippen LogP contribution is 2.29. The van der Waals surface area contributed by atoms with Crippen LogP contribution in [0.5, 0.6) is 0 Å². The van der Waals surface area contributed by atoms with Crippen molar-refractivity contribution in [2.45, 2.75) is 51.3 Å². The van der Waals surface area contributed by atoms with Crippen LogP contribution in [0.3, 0.4) is 0 Å². The molecular formula is C18H24N4O3S2. The molecule has 0 aromatic carbocycles. The molecule has 2 unspecified atom stereocenters. The van der Waals surface area contributed by atoms with E-state index in [2.05, 4.69) is 14.9 Å². The number of carbonyl (C=O) groups excluding carboxylic acids is 2. The minimum absolute atomic E-state index is 0.0783. The minimum Gasteiger partial charge on any atom is -0.376 e. The lowest BCUT2D eigenvalue weighted by Gasteiger charge is -2.33. The second kappa shape index (κ2) is 8.45. The van der Waals surface area contributed by atoms with Crippen LogP contribution >= 0.6 is 22.9 Å². The molecule has 1 aliphatic heterocycles. The molecule has 0 saturated carbocycles. The fraction of sp³-hybridized carbons (Fsp3) is 0.556. The largest absolute Gasteiger partial charge is 0.376 e. The molecule has 1 fully saturated rings. The van der Waals surface area contributed by atoms with Crippen molar-refractivity contribution >= 4 is 34.7 Å². The number of aromatic nitrogens is 2. The van der Waals surface area contributed by atoms with Gasteiger partial charge in [0.2, 0.25) is 5.91 Å². The summed E-state index contributed by atoms with van der Waals surface area (Å²) in [6.45, 7) is 6.80. The van der Waals surface area contributed by atoms with E-state index in [1.54, 1.807) is 10.3 Å². The molecule has 0 spiro atoms. The predicted molar refractivity (Wildman–Crippen MR) is 105 cm³/mol. The first-order valence-corrected chi connectivity index (χ1v) is 10.6. The van der Waals surface area contributed by atoms with Crippen molar-refractivity contribution in [3.05, 3.63) is 33.5 Å². The lowest BCUT2D eigenvalue weighted by molar-refractivity contribution is -0.127. The minimum atomic E-state index is -0.734. The summed E-state index contributed by atoms with van der Waals surface area (Å²) in [4.78, 5) is 28.8. The fourth-order valence-corrected chi connectivity index (χ4v) is 4.29. The lowest BCUT2D eigenvalue weighted by Crippen LogP contribution is -2.50. The van der Waals surface area contributed by atoms with Gasteiger partial charge in [-0.1, -0.05) is 10.6 Å². The van der Waals surface area contributed by atoms with Crippen molar-refractivity contribution in [1.82, 2.24) is 19.8 Å². The highest BCUT2D eigenvalue weighted by Gasteiger charge is 2.37. The monoisotopic (exact) mass is 408 g/mol. The summed E-state index contributed by atoms with van der Waals surface area (Å²) < 4.78 is 9.54. The average molecular weight is 409 g/mol. The Kier molecular flexibility index (Phi) is 6.23. The normalized spacial score (nSPS) is 18.3. The van der Waals surface area contributed by atoms with Gasteiger partial charge in [0, 0.05) is 28.9 Å². The first-order chi connectivity index (χ1) is 12.8. The van der Waals surface area contributed by atoms with Crippen LogP contribution in [0.15, 0.2) is 22.9 Å². The number of thiophene rings is 1. The third-order valence-electron chi connectivity index (χ3n) is 4.14. The second-order valence-electron chi connectivity index (χ2n) is 7.54. The Morgan fingerprint density at radius 2 is 2.26 bits per heavy atom. The van der Waals surface area contributed by atoms with E-state index in [1.165, 1.54) is 11.3 Å². The Hall–Kier alpha value is -1.84. The van der Waals surface area contributed by atoms with Crippen molar-refractivity contribution < 1.29 is 14.3 Å². The van der Waals surface area contributed by atoms with Crippen molar-refractivity contribution in [1.29, 1.82) is 0 Å². The standard InChI is InChI=1S/C18H24N4O3S2/c1-18(2,3)19-16(23)15(14-7-5-9-26-14)22(10-12-6-4-8-25-12)17(24)13-11-27-21-20-13/h5,7,9,11-12,15H,4,6,8,10H2,1-3H3,(H,19,23). The van der Waals surface area contributed by atoms with E-state index in [1.807, 2.05) is 38.3 Å². The Labute approximate surface area is 166 Å². The van der Waals surface area contributed by atoms with Crippen LogP contribution in [0, 0.1) is 0 Å². The van der Waals surface area contributed by atoms with Gasteiger partial charge in [-0.15, -0.1) is 16.4 Å². The quantitative estimate of drug-likeness (QED) is 0.794. The SMILES string of the molecule is CC(C)(C)NC(=O)C(c1cccs1)N(CC1CCCO1)C(=O)c1csnn1. The zero-order valence-corrected chi connectivity index (χ0v) is 17.3. The van der Waals surface area contributed by atoms with E-state index >= 15 is 0 Å². The molecule has 146 valence electrons. The Balaban J connectivity index is 1.95. The van der Waals surface area contributed by atoms with E-state index in [0.29, 0.717) is 13.2 Å². The molecule has 7 nitrogen and oxygen atoms in total. The Bertz CT molecular complexity index is 750. The summed E-state index contributed by atoms with van der Waals surface area (Å²) in [5, 5.41) is 10.4. The van der Waals surface area contributed by atoms with E-state index < -0.39 is 11.6 Å². The van der Waals surface area contributed by atoms with Gasteiger partial charge in [0.25, 0.3) is 5.91 Å². The van der Waals surface area contributed by atoms with Crippen molar-refractivity contribution in [3.63, 3.8) is 0 Å². The van der Waals surface area contributed by atoms with Crippen LogP contribution in [0.25, 0.3) is 0 Å². The summed E-state index contributed by atoms with van der Waals surface area (Å²) in [6.07, 6.45) is 1.75. The highest BCUT2D eigenvalue weighted by atomic mass is 32.1. The number of hydrogen-bond acceptors (Lipinski definition) is 7. The zero-order chi connectivity index (χ0) is 19.4. The van der Waals surface area contributed by atoms with Crippen LogP contribution in [0.1, 0.15) is 55.0 Å². The van der Waals surface area contributed by atoms with Crippen molar-refractivity contribution in [2.75, 3.05) is 13.2 Å². The number of nitrogens with one attached hydrogen (secondary N) is 1. The molecule has 27 heavy (non-hydrogen) atoms. The third kappa shape index (κ3) is 5.12. The Morgan fingerprint density at radius 3 is 2.81 bits per heavy atom. The molecule has 3 heterocycles. The Morgan fingerprint density at radius 1 is 1.44 bits per heavy atom. The molecule has 2 atom stereocenters. The van der Waals surface area contributed by atoms with E-state index in [9.17, 15) is 9.59 Å². The molecule has 2 amide bonds. The molecule has 2 aromatic heterocycles. The number of carbonyl (C=O) groups is 2. The molecule has 1 saturated heterocycles. The lowest BCUT2D eigenvalue weighted by atomic mass is 10.1. The van der Waals surface area contributed by atoms with Crippen LogP contribution in [0.2, 0.25) is 0 Å². The third-order valence-corrected chi connectivity index (χ3v) is 5.56. The summed E-state index contributed by atoms with van der Waals surface area (Å²) in [7, 11) is 0. The molecule has 0 aliphatic carbocycles. The van der Waals surface area contributed by atoms with Gasteiger partial charge in [0.15, 0.2) is 5.69 Å². The number of hydrogen-bond donors (Lipinski definition) is 1. The summed E-state index contributed by atoms with van der Waals surface area (Å²) in [5.74, 6) is -0.513. The van der Waals surface area contributed by atoms with Crippen LogP contribution < -0.4 is 5.32 Å². The topological polar surface area (TPSA) is 84.4 Å². The average Bonchev–Trinajstić information content (AvgIpc) is 3.34. The van der Waals surface area contributed by atoms with Crippen LogP contribution in [-0.2, 0) is 9.53 Å². The maximum atomic E-state index is 13.2. The van der Waals surface area contributed by atoms with Gasteiger partial charge in [-0.3, -0.25) is 9.59 Å². The van der Waals surface area contributed by atoms with E-state index in [4.69, 9.17) is 4.74 Å². The molecule has 2 aromatic rings. The first kappa shape index (κ1) is 19.9. The second-order valence-corrected chi connectivity index (χ2v) is 9.13. The maximum Gasteiger partial charge on any atom is 0.276 e. The predicted octanol–water partition coefficient (Wildman–Crippen LogP) is 2.88. The number of rotatable bonds is 6. The molecule has 1 aliphatic rings. The number of amides is 2. The van der Waals surface area contributed by atoms with Crippen molar-refractivity contribution in [2.24, 2.45) is 0 Å². The number of ether oxygens (including phenoxy) is 1. The highest BCUT2D eigenvalue weighted by molar-refractivity contribution is 7.10. The molecule has 9 heteroatoms. The van der Waals surface area contributed by atoms with Gasteiger partial charge in [0.1, 0.15) is 6.04 Å². The summed E-state index contributed by atoms with van der Waals surface area (Å²) in [5.41, 5.74) is -0.156. The zero-order valence-electron chi connectivity index (χ0n) is 15.7. The summed E-state index contributed by atoms with van der Waals surface area (Å²) in [6, 6.07) is 3.03. The van der Waals surface area contributed by atoms with Gasteiger partial charge in [-0.2, -0.15) is 0 Å². The van der Waals surface area contributed by atoms with Gasteiger partial charge >= 0.3 is 0 Å². The molecule has 0 radical (unpaired) electrons. The van der Waals surface area contributed by atoms with E-state index in [-0.39, 0.29) is 23.6 Å². The van der Waals surface area contributed by atoms with E-state index in [0.717, 1.165) is 29.3 Å². The van der Waals surface area contributed by atoms with Gasteiger partial charge < -0.3 is 15.0 Å². The summed E-state index contributed by atoms with van der Waals surface area (Å²) >= 11 is 2.58. The number of nitrogens with zero attached hydrogens (tertiary/aromatic N) is 3.